The van der Waals surface area contributed by atoms with Crippen molar-refractivity contribution in [2.45, 2.75) is 19.4 Å². The Labute approximate surface area is 88.0 Å². The Morgan fingerprint density at radius 2 is 2.07 bits per heavy atom. The van der Waals surface area contributed by atoms with Crippen molar-refractivity contribution in [1.29, 1.82) is 0 Å². The molecule has 0 bridgehead atoms. The standard InChI is InChI=1S/C10H14N2O3/c1-8(11)6-7-15-10-4-2-9(3-5-10)12(13)14/h2-5,8H,6-7,11H2,1H3/t8-/m1/s1. The molecule has 5 nitrogen and oxygen atoms in total. The van der Waals surface area contributed by atoms with Crippen LogP contribution in [0, 0.1) is 10.1 Å². The van der Waals surface area contributed by atoms with E-state index in [4.69, 9.17) is 10.5 Å². The summed E-state index contributed by atoms with van der Waals surface area (Å²) >= 11 is 0. The zero-order chi connectivity index (χ0) is 11.3. The molecule has 0 amide bonds. The van der Waals surface area contributed by atoms with Crippen LogP contribution in [0.4, 0.5) is 5.69 Å². The lowest BCUT2D eigenvalue weighted by atomic mass is 10.2. The molecule has 0 radical (unpaired) electrons. The number of non-ortho nitro benzene ring substituents is 1. The largest absolute Gasteiger partial charge is 0.494 e. The maximum absolute atomic E-state index is 10.4. The SMILES string of the molecule is C[C@@H](N)CCOc1ccc([N+](=O)[O-])cc1. The zero-order valence-corrected chi connectivity index (χ0v) is 8.55. The van der Waals surface area contributed by atoms with Crippen LogP contribution in [0.25, 0.3) is 0 Å². The number of nitro groups is 1. The predicted octanol–water partition coefficient (Wildman–Crippen LogP) is 1.71. The van der Waals surface area contributed by atoms with Gasteiger partial charge in [0.05, 0.1) is 11.5 Å². The molecule has 0 aliphatic heterocycles. The van der Waals surface area contributed by atoms with E-state index in [0.717, 1.165) is 6.42 Å². The van der Waals surface area contributed by atoms with Gasteiger partial charge in [-0.2, -0.15) is 0 Å². The van der Waals surface area contributed by atoms with Gasteiger partial charge in [-0.15, -0.1) is 0 Å². The predicted molar refractivity (Wildman–Crippen MR) is 56.9 cm³/mol. The minimum atomic E-state index is -0.439. The van der Waals surface area contributed by atoms with Crippen molar-refractivity contribution in [3.8, 4) is 5.75 Å². The van der Waals surface area contributed by atoms with E-state index in [-0.39, 0.29) is 11.7 Å². The fourth-order valence-electron chi connectivity index (χ4n) is 1.03. The summed E-state index contributed by atoms with van der Waals surface area (Å²) in [5, 5.41) is 10.4. The summed E-state index contributed by atoms with van der Waals surface area (Å²) in [4.78, 5) is 9.93. The summed E-state index contributed by atoms with van der Waals surface area (Å²) in [5.74, 6) is 0.626. The number of rotatable bonds is 5. The highest BCUT2D eigenvalue weighted by Crippen LogP contribution is 2.17. The molecule has 1 aromatic carbocycles. The first-order chi connectivity index (χ1) is 7.09. The number of nitro benzene ring substituents is 1. The van der Waals surface area contributed by atoms with Crippen molar-refractivity contribution in [3.63, 3.8) is 0 Å². The molecule has 1 rings (SSSR count). The molecule has 2 N–H and O–H groups in total. The van der Waals surface area contributed by atoms with E-state index >= 15 is 0 Å². The van der Waals surface area contributed by atoms with Crippen LogP contribution in [0.1, 0.15) is 13.3 Å². The minimum Gasteiger partial charge on any atom is -0.494 e. The first-order valence-electron chi connectivity index (χ1n) is 4.72. The lowest BCUT2D eigenvalue weighted by molar-refractivity contribution is -0.384. The molecule has 0 spiro atoms. The maximum atomic E-state index is 10.4. The Hall–Kier alpha value is -1.62. The molecular weight excluding hydrogens is 196 g/mol. The molecule has 1 atom stereocenters. The Bertz CT molecular complexity index is 322. The van der Waals surface area contributed by atoms with Gasteiger partial charge in [-0.1, -0.05) is 0 Å². The van der Waals surface area contributed by atoms with E-state index in [0.29, 0.717) is 12.4 Å². The van der Waals surface area contributed by atoms with Gasteiger partial charge in [0.15, 0.2) is 0 Å². The molecule has 15 heavy (non-hydrogen) atoms. The molecule has 5 heteroatoms. The molecule has 1 aromatic rings. The van der Waals surface area contributed by atoms with Gasteiger partial charge in [0.1, 0.15) is 5.75 Å². The molecule has 0 unspecified atom stereocenters. The van der Waals surface area contributed by atoms with E-state index in [1.165, 1.54) is 12.1 Å². The lowest BCUT2D eigenvalue weighted by Gasteiger charge is -2.07. The second-order valence-corrected chi connectivity index (χ2v) is 3.37. The molecular formula is C10H14N2O3. The highest BCUT2D eigenvalue weighted by Gasteiger charge is 2.04. The van der Waals surface area contributed by atoms with Crippen molar-refractivity contribution in [3.05, 3.63) is 34.4 Å². The molecule has 0 aliphatic carbocycles. The molecule has 0 fully saturated rings. The summed E-state index contributed by atoms with van der Waals surface area (Å²) in [6, 6.07) is 6.10. The molecule has 0 saturated carbocycles. The molecule has 0 saturated heterocycles. The number of hydrogen-bond acceptors (Lipinski definition) is 4. The molecule has 0 aliphatic rings. The van der Waals surface area contributed by atoms with E-state index in [1.54, 1.807) is 12.1 Å². The van der Waals surface area contributed by atoms with Gasteiger partial charge >= 0.3 is 0 Å². The van der Waals surface area contributed by atoms with Gasteiger partial charge < -0.3 is 10.5 Å². The van der Waals surface area contributed by atoms with E-state index < -0.39 is 4.92 Å². The summed E-state index contributed by atoms with van der Waals surface area (Å²) in [5.41, 5.74) is 5.62. The normalized spacial score (nSPS) is 12.1. The average molecular weight is 210 g/mol. The van der Waals surface area contributed by atoms with E-state index in [9.17, 15) is 10.1 Å². The summed E-state index contributed by atoms with van der Waals surface area (Å²) < 4.78 is 5.35. The monoisotopic (exact) mass is 210 g/mol. The summed E-state index contributed by atoms with van der Waals surface area (Å²) in [6.07, 6.45) is 0.761. The van der Waals surface area contributed by atoms with Gasteiger partial charge in [-0.25, -0.2) is 0 Å². The topological polar surface area (TPSA) is 78.4 Å². The highest BCUT2D eigenvalue weighted by molar-refractivity contribution is 5.35. The molecule has 0 aromatic heterocycles. The summed E-state index contributed by atoms with van der Waals surface area (Å²) in [6.45, 7) is 2.43. The Kier molecular flexibility index (Phi) is 4.05. The molecule has 82 valence electrons. The second kappa shape index (κ2) is 5.31. The van der Waals surface area contributed by atoms with Crippen LogP contribution >= 0.6 is 0 Å². The van der Waals surface area contributed by atoms with Crippen LogP contribution in [0.3, 0.4) is 0 Å². The number of ether oxygens (including phenoxy) is 1. The first kappa shape index (κ1) is 11.5. The fourth-order valence-corrected chi connectivity index (χ4v) is 1.03. The van der Waals surface area contributed by atoms with Crippen LogP contribution < -0.4 is 10.5 Å². The second-order valence-electron chi connectivity index (χ2n) is 3.37. The highest BCUT2D eigenvalue weighted by atomic mass is 16.6. The minimum absolute atomic E-state index is 0.0644. The molecule has 0 heterocycles. The van der Waals surface area contributed by atoms with Gasteiger partial charge in [0.25, 0.3) is 5.69 Å². The van der Waals surface area contributed by atoms with Gasteiger partial charge in [-0.3, -0.25) is 10.1 Å². The van der Waals surface area contributed by atoms with Gasteiger partial charge in [-0.05, 0) is 25.5 Å². The fraction of sp³-hybridized carbons (Fsp3) is 0.400. The third-order valence-electron chi connectivity index (χ3n) is 1.89. The Morgan fingerprint density at radius 3 is 2.53 bits per heavy atom. The van der Waals surface area contributed by atoms with E-state index in [1.807, 2.05) is 6.92 Å². The van der Waals surface area contributed by atoms with Crippen LogP contribution in [0.5, 0.6) is 5.75 Å². The number of hydrogen-bond donors (Lipinski definition) is 1. The van der Waals surface area contributed by atoms with Crippen molar-refractivity contribution in [2.75, 3.05) is 6.61 Å². The van der Waals surface area contributed by atoms with Crippen LogP contribution in [-0.2, 0) is 0 Å². The maximum Gasteiger partial charge on any atom is 0.269 e. The van der Waals surface area contributed by atoms with Crippen LogP contribution in [0.15, 0.2) is 24.3 Å². The Balaban J connectivity index is 2.46. The third-order valence-corrected chi connectivity index (χ3v) is 1.89. The third kappa shape index (κ3) is 3.95. The number of nitrogens with zero attached hydrogens (tertiary/aromatic N) is 1. The lowest BCUT2D eigenvalue weighted by Crippen LogP contribution is -2.18. The van der Waals surface area contributed by atoms with E-state index in [2.05, 4.69) is 0 Å². The smallest absolute Gasteiger partial charge is 0.269 e. The van der Waals surface area contributed by atoms with Crippen molar-refractivity contribution in [1.82, 2.24) is 0 Å². The Morgan fingerprint density at radius 1 is 1.47 bits per heavy atom. The average Bonchev–Trinajstić information content (AvgIpc) is 2.18. The van der Waals surface area contributed by atoms with Crippen LogP contribution in [-0.4, -0.2) is 17.6 Å². The van der Waals surface area contributed by atoms with Gasteiger partial charge in [0, 0.05) is 18.2 Å². The quantitative estimate of drug-likeness (QED) is 0.592. The number of nitrogens with two attached hydrogens (primary N) is 1. The van der Waals surface area contributed by atoms with Gasteiger partial charge in [0.2, 0.25) is 0 Å². The summed E-state index contributed by atoms with van der Waals surface area (Å²) in [7, 11) is 0. The van der Waals surface area contributed by atoms with Crippen molar-refractivity contribution in [2.24, 2.45) is 5.73 Å². The first-order valence-corrected chi connectivity index (χ1v) is 4.72. The van der Waals surface area contributed by atoms with Crippen molar-refractivity contribution < 1.29 is 9.66 Å². The zero-order valence-electron chi connectivity index (χ0n) is 8.55. The van der Waals surface area contributed by atoms with Crippen LogP contribution in [0.2, 0.25) is 0 Å². The van der Waals surface area contributed by atoms with Crippen molar-refractivity contribution >= 4 is 5.69 Å². The number of benzene rings is 1.